The van der Waals surface area contributed by atoms with E-state index in [2.05, 4.69) is 0 Å². The summed E-state index contributed by atoms with van der Waals surface area (Å²) in [6, 6.07) is 8.90. The third-order valence-corrected chi connectivity index (χ3v) is 1.79. The molecule has 0 aliphatic heterocycles. The summed E-state index contributed by atoms with van der Waals surface area (Å²) in [4.78, 5) is 21.0. The van der Waals surface area contributed by atoms with Gasteiger partial charge in [0.15, 0.2) is 0 Å². The second-order valence-corrected chi connectivity index (χ2v) is 2.75. The van der Waals surface area contributed by atoms with Crippen LogP contribution in [0.1, 0.15) is 17.9 Å². The molecule has 0 heterocycles. The van der Waals surface area contributed by atoms with Crippen molar-refractivity contribution >= 4 is 12.3 Å². The first-order chi connectivity index (χ1) is 6.24. The van der Waals surface area contributed by atoms with Gasteiger partial charge in [-0.05, 0) is 5.56 Å². The van der Waals surface area contributed by atoms with Crippen molar-refractivity contribution in [3.05, 3.63) is 35.9 Å². The molecular weight excluding hydrogens is 168 g/mol. The van der Waals surface area contributed by atoms with Crippen LogP contribution >= 0.6 is 0 Å². The summed E-state index contributed by atoms with van der Waals surface area (Å²) >= 11 is 0. The van der Waals surface area contributed by atoms with Gasteiger partial charge in [0.05, 0.1) is 12.3 Å². The van der Waals surface area contributed by atoms with Crippen molar-refractivity contribution in [1.29, 1.82) is 0 Å². The van der Waals surface area contributed by atoms with E-state index < -0.39 is 11.9 Å². The van der Waals surface area contributed by atoms with E-state index in [-0.39, 0.29) is 6.42 Å². The first-order valence-electron chi connectivity index (χ1n) is 3.96. The standard InChI is InChI=1S/C10H10O3/c11-7-9(6-10(12)13)8-4-2-1-3-5-8/h1-5,7,9H,6H2,(H,12,13). The monoisotopic (exact) mass is 178 g/mol. The Hall–Kier alpha value is -1.64. The van der Waals surface area contributed by atoms with Crippen LogP contribution in [0.25, 0.3) is 0 Å². The summed E-state index contributed by atoms with van der Waals surface area (Å²) in [5, 5.41) is 8.52. The maximum absolute atomic E-state index is 10.6. The zero-order valence-electron chi connectivity index (χ0n) is 7.01. The number of hydrogen-bond donors (Lipinski definition) is 1. The molecule has 1 unspecified atom stereocenters. The number of rotatable bonds is 4. The fourth-order valence-electron chi connectivity index (χ4n) is 1.13. The largest absolute Gasteiger partial charge is 0.481 e. The van der Waals surface area contributed by atoms with E-state index in [0.29, 0.717) is 6.29 Å². The number of carbonyl (C=O) groups excluding carboxylic acids is 1. The fraction of sp³-hybridized carbons (Fsp3) is 0.200. The van der Waals surface area contributed by atoms with Crippen LogP contribution in [0, 0.1) is 0 Å². The van der Waals surface area contributed by atoms with E-state index in [4.69, 9.17) is 5.11 Å². The van der Waals surface area contributed by atoms with Crippen LogP contribution in [-0.4, -0.2) is 17.4 Å². The van der Waals surface area contributed by atoms with Crippen molar-refractivity contribution in [2.45, 2.75) is 12.3 Å². The number of aliphatic carboxylic acids is 1. The Morgan fingerprint density at radius 1 is 1.38 bits per heavy atom. The zero-order chi connectivity index (χ0) is 9.68. The van der Waals surface area contributed by atoms with Crippen molar-refractivity contribution in [3.8, 4) is 0 Å². The van der Waals surface area contributed by atoms with Crippen molar-refractivity contribution in [1.82, 2.24) is 0 Å². The van der Waals surface area contributed by atoms with Gasteiger partial charge >= 0.3 is 5.97 Å². The summed E-state index contributed by atoms with van der Waals surface area (Å²) in [5.41, 5.74) is 0.750. The summed E-state index contributed by atoms with van der Waals surface area (Å²) in [5.74, 6) is -1.49. The molecule has 0 aliphatic carbocycles. The van der Waals surface area contributed by atoms with E-state index in [1.165, 1.54) is 0 Å². The molecule has 1 N–H and O–H groups in total. The van der Waals surface area contributed by atoms with E-state index in [1.54, 1.807) is 24.3 Å². The van der Waals surface area contributed by atoms with E-state index >= 15 is 0 Å². The molecule has 0 aromatic heterocycles. The van der Waals surface area contributed by atoms with Crippen LogP contribution in [0.15, 0.2) is 30.3 Å². The van der Waals surface area contributed by atoms with Crippen LogP contribution in [0.4, 0.5) is 0 Å². The highest BCUT2D eigenvalue weighted by Gasteiger charge is 2.13. The maximum Gasteiger partial charge on any atom is 0.304 e. The lowest BCUT2D eigenvalue weighted by atomic mass is 9.98. The van der Waals surface area contributed by atoms with Crippen molar-refractivity contribution < 1.29 is 14.7 Å². The minimum Gasteiger partial charge on any atom is -0.481 e. The molecule has 0 saturated heterocycles. The summed E-state index contributed by atoms with van der Waals surface area (Å²) < 4.78 is 0. The molecule has 1 atom stereocenters. The highest BCUT2D eigenvalue weighted by molar-refractivity contribution is 5.75. The third kappa shape index (κ3) is 2.71. The summed E-state index contributed by atoms with van der Waals surface area (Å²) in [7, 11) is 0. The number of benzene rings is 1. The molecule has 0 saturated carbocycles. The van der Waals surface area contributed by atoms with Gasteiger partial charge in [0.25, 0.3) is 0 Å². The minimum absolute atomic E-state index is 0.145. The Morgan fingerprint density at radius 2 is 2.00 bits per heavy atom. The number of aldehydes is 1. The average molecular weight is 178 g/mol. The predicted octanol–water partition coefficient (Wildman–Crippen LogP) is 1.44. The molecule has 1 rings (SSSR count). The van der Waals surface area contributed by atoms with Crippen LogP contribution in [0.2, 0.25) is 0 Å². The zero-order valence-corrected chi connectivity index (χ0v) is 7.01. The molecule has 3 heteroatoms. The number of carboxylic acids is 1. The smallest absolute Gasteiger partial charge is 0.304 e. The molecule has 0 spiro atoms. The molecule has 0 amide bonds. The topological polar surface area (TPSA) is 54.4 Å². The molecule has 3 nitrogen and oxygen atoms in total. The first-order valence-corrected chi connectivity index (χ1v) is 3.96. The second kappa shape index (κ2) is 4.40. The Balaban J connectivity index is 2.78. The predicted molar refractivity (Wildman–Crippen MR) is 47.5 cm³/mol. The van der Waals surface area contributed by atoms with E-state index in [9.17, 15) is 9.59 Å². The quantitative estimate of drug-likeness (QED) is 0.710. The molecule has 0 bridgehead atoms. The van der Waals surface area contributed by atoms with Gasteiger partial charge in [-0.15, -0.1) is 0 Å². The van der Waals surface area contributed by atoms with Gasteiger partial charge in [-0.2, -0.15) is 0 Å². The van der Waals surface area contributed by atoms with Gasteiger partial charge < -0.3 is 9.90 Å². The normalized spacial score (nSPS) is 12.0. The van der Waals surface area contributed by atoms with E-state index in [0.717, 1.165) is 5.56 Å². The maximum atomic E-state index is 10.6. The molecule has 68 valence electrons. The van der Waals surface area contributed by atoms with Gasteiger partial charge in [0.1, 0.15) is 6.29 Å². The lowest BCUT2D eigenvalue weighted by Gasteiger charge is -2.06. The van der Waals surface area contributed by atoms with Crippen LogP contribution in [0.5, 0.6) is 0 Å². The van der Waals surface area contributed by atoms with Gasteiger partial charge in [0, 0.05) is 0 Å². The fourth-order valence-corrected chi connectivity index (χ4v) is 1.13. The number of carbonyl (C=O) groups is 2. The van der Waals surface area contributed by atoms with Gasteiger partial charge in [0.2, 0.25) is 0 Å². The average Bonchev–Trinajstić information content (AvgIpc) is 2.15. The van der Waals surface area contributed by atoms with Crippen molar-refractivity contribution in [2.75, 3.05) is 0 Å². The molecule has 0 fully saturated rings. The Morgan fingerprint density at radius 3 is 2.46 bits per heavy atom. The SMILES string of the molecule is O=CC(CC(=O)O)c1ccccc1. The number of carboxylic acid groups (broad SMARTS) is 1. The Bertz CT molecular complexity index is 292. The highest BCUT2D eigenvalue weighted by atomic mass is 16.4. The Kier molecular flexibility index (Phi) is 3.20. The van der Waals surface area contributed by atoms with Gasteiger partial charge in [-0.3, -0.25) is 4.79 Å². The number of hydrogen-bond acceptors (Lipinski definition) is 2. The lowest BCUT2D eigenvalue weighted by molar-refractivity contribution is -0.138. The minimum atomic E-state index is -0.957. The van der Waals surface area contributed by atoms with Crippen molar-refractivity contribution in [2.24, 2.45) is 0 Å². The van der Waals surface area contributed by atoms with Crippen LogP contribution in [-0.2, 0) is 9.59 Å². The van der Waals surface area contributed by atoms with Gasteiger partial charge in [-0.25, -0.2) is 0 Å². The third-order valence-electron chi connectivity index (χ3n) is 1.79. The lowest BCUT2D eigenvalue weighted by Crippen LogP contribution is -2.07. The molecule has 1 aromatic carbocycles. The first kappa shape index (κ1) is 9.45. The molecular formula is C10H10O3. The summed E-state index contributed by atoms with van der Waals surface area (Å²) in [6.07, 6.45) is 0.525. The van der Waals surface area contributed by atoms with E-state index in [1.807, 2.05) is 6.07 Å². The van der Waals surface area contributed by atoms with Gasteiger partial charge in [-0.1, -0.05) is 30.3 Å². The van der Waals surface area contributed by atoms with Crippen molar-refractivity contribution in [3.63, 3.8) is 0 Å². The molecule has 1 aromatic rings. The molecule has 13 heavy (non-hydrogen) atoms. The molecule has 0 aliphatic rings. The summed E-state index contributed by atoms with van der Waals surface area (Å²) in [6.45, 7) is 0. The molecule has 0 radical (unpaired) electrons. The highest BCUT2D eigenvalue weighted by Crippen LogP contribution is 2.16. The second-order valence-electron chi connectivity index (χ2n) is 2.75. The van der Waals surface area contributed by atoms with Crippen LogP contribution in [0.3, 0.4) is 0 Å². The van der Waals surface area contributed by atoms with Crippen LogP contribution < -0.4 is 0 Å². The Labute approximate surface area is 76.0 Å².